The first-order valence-corrected chi connectivity index (χ1v) is 10.6. The van der Waals surface area contributed by atoms with E-state index in [1.165, 1.54) is 11.3 Å². The molecular formula is C25H33N3O2. The first kappa shape index (κ1) is 21.9. The van der Waals surface area contributed by atoms with Crippen molar-refractivity contribution in [1.82, 2.24) is 5.43 Å². The number of fused-ring (bicyclic) bond motifs is 1. The number of aryl methyl sites for hydroxylation is 1. The Bertz CT molecular complexity index is 963. The van der Waals surface area contributed by atoms with Crippen LogP contribution < -0.4 is 15.1 Å². The summed E-state index contributed by atoms with van der Waals surface area (Å²) in [6.45, 7) is 13.4. The molecule has 0 aromatic heterocycles. The Morgan fingerprint density at radius 2 is 2.00 bits per heavy atom. The number of anilines is 1. The molecule has 0 aliphatic carbocycles. The van der Waals surface area contributed by atoms with Gasteiger partial charge in [-0.05, 0) is 87.9 Å². The summed E-state index contributed by atoms with van der Waals surface area (Å²) in [6, 6.07) is 12.3. The Hall–Kier alpha value is -2.82. The number of carbonyl (C=O) groups is 1. The summed E-state index contributed by atoms with van der Waals surface area (Å²) in [5, 5.41) is 4.18. The summed E-state index contributed by atoms with van der Waals surface area (Å²) in [7, 11) is 1.56. The number of benzene rings is 2. The van der Waals surface area contributed by atoms with E-state index in [1.807, 2.05) is 19.1 Å². The van der Waals surface area contributed by atoms with Crippen molar-refractivity contribution >= 4 is 17.8 Å². The lowest BCUT2D eigenvalue weighted by Gasteiger charge is -2.50. The fourth-order valence-electron chi connectivity index (χ4n) is 4.74. The number of hydrazone groups is 1. The molecule has 0 saturated heterocycles. The van der Waals surface area contributed by atoms with Crippen LogP contribution in [0, 0.1) is 6.92 Å². The summed E-state index contributed by atoms with van der Waals surface area (Å²) in [4.78, 5) is 15.0. The maximum absolute atomic E-state index is 12.5. The van der Waals surface area contributed by atoms with E-state index in [0.29, 0.717) is 23.3 Å². The maximum Gasteiger partial charge on any atom is 0.275 e. The molecule has 5 nitrogen and oxygen atoms in total. The van der Waals surface area contributed by atoms with Gasteiger partial charge in [0.2, 0.25) is 0 Å². The van der Waals surface area contributed by atoms with Crippen LogP contribution in [0.4, 0.5) is 5.69 Å². The molecule has 5 heteroatoms. The minimum Gasteiger partial charge on any atom is -0.496 e. The number of nitrogens with one attached hydrogen (secondary N) is 1. The zero-order chi connectivity index (χ0) is 22.1. The molecule has 0 bridgehead atoms. The minimum absolute atomic E-state index is 0.122. The van der Waals surface area contributed by atoms with E-state index in [0.717, 1.165) is 17.5 Å². The highest BCUT2D eigenvalue weighted by Crippen LogP contribution is 2.44. The van der Waals surface area contributed by atoms with Crippen molar-refractivity contribution in [2.45, 2.75) is 65.5 Å². The zero-order valence-electron chi connectivity index (χ0n) is 19.1. The van der Waals surface area contributed by atoms with Crippen LogP contribution in [0.1, 0.15) is 74.0 Å². The van der Waals surface area contributed by atoms with Gasteiger partial charge in [-0.25, -0.2) is 5.43 Å². The highest BCUT2D eigenvalue weighted by Gasteiger charge is 2.37. The van der Waals surface area contributed by atoms with Gasteiger partial charge in [0.1, 0.15) is 5.75 Å². The highest BCUT2D eigenvalue weighted by molar-refractivity contribution is 5.97. The first-order valence-electron chi connectivity index (χ1n) is 10.6. The van der Waals surface area contributed by atoms with Crippen molar-refractivity contribution in [3.8, 4) is 5.75 Å². The number of rotatable bonds is 5. The van der Waals surface area contributed by atoms with E-state index < -0.39 is 0 Å². The van der Waals surface area contributed by atoms with Gasteiger partial charge >= 0.3 is 0 Å². The molecule has 1 aliphatic heterocycles. The lowest BCUT2D eigenvalue weighted by Crippen LogP contribution is -2.51. The quantitative estimate of drug-likeness (QED) is 0.543. The van der Waals surface area contributed by atoms with Crippen LogP contribution in [-0.4, -0.2) is 30.8 Å². The van der Waals surface area contributed by atoms with E-state index >= 15 is 0 Å². The van der Waals surface area contributed by atoms with Crippen LogP contribution in [-0.2, 0) is 0 Å². The fraction of sp³-hybridized carbons (Fsp3) is 0.440. The monoisotopic (exact) mass is 407 g/mol. The number of hydrogen-bond donors (Lipinski definition) is 1. The summed E-state index contributed by atoms with van der Waals surface area (Å²) >= 11 is 0. The van der Waals surface area contributed by atoms with E-state index in [4.69, 9.17) is 4.74 Å². The standard InChI is InChI=1S/C25H33N3O2/c1-16(2)28-22-11-9-19(13-21(22)18(4)14-25(28,5)6)15-26-27-24(29)20-10-8-17(3)12-23(20)30-7/h8-13,15-16,18H,14H2,1-7H3,(H,27,29)/b26-15-/t18-/m1/s1. The predicted octanol–water partition coefficient (Wildman–Crippen LogP) is 5.27. The number of carbonyl (C=O) groups excluding carboxylic acids is 1. The number of hydrogen-bond acceptors (Lipinski definition) is 4. The second kappa shape index (κ2) is 8.50. The molecule has 1 aliphatic rings. The van der Waals surface area contributed by atoms with E-state index in [-0.39, 0.29) is 11.4 Å². The molecule has 1 N–H and O–H groups in total. The number of methoxy groups -OCH3 is 1. The largest absolute Gasteiger partial charge is 0.496 e. The molecule has 0 radical (unpaired) electrons. The van der Waals surface area contributed by atoms with Crippen molar-refractivity contribution in [2.75, 3.05) is 12.0 Å². The average Bonchev–Trinajstić information content (AvgIpc) is 2.67. The fourth-order valence-corrected chi connectivity index (χ4v) is 4.74. The molecule has 0 saturated carbocycles. The third-order valence-electron chi connectivity index (χ3n) is 5.80. The van der Waals surface area contributed by atoms with Crippen LogP contribution >= 0.6 is 0 Å². The maximum atomic E-state index is 12.5. The topological polar surface area (TPSA) is 53.9 Å². The molecule has 3 rings (SSSR count). The normalized spacial score (nSPS) is 17.9. The van der Waals surface area contributed by atoms with E-state index in [9.17, 15) is 4.79 Å². The molecule has 30 heavy (non-hydrogen) atoms. The van der Waals surface area contributed by atoms with Gasteiger partial charge in [0.15, 0.2) is 0 Å². The van der Waals surface area contributed by atoms with Gasteiger partial charge in [-0.1, -0.05) is 19.1 Å². The van der Waals surface area contributed by atoms with Crippen LogP contribution in [0.3, 0.4) is 0 Å². The Kier molecular flexibility index (Phi) is 6.20. The molecule has 1 amide bonds. The van der Waals surface area contributed by atoms with Crippen LogP contribution in [0.25, 0.3) is 0 Å². The van der Waals surface area contributed by atoms with Gasteiger partial charge in [-0.2, -0.15) is 5.10 Å². The summed E-state index contributed by atoms with van der Waals surface area (Å²) in [5.74, 6) is 0.716. The van der Waals surface area contributed by atoms with Crippen LogP contribution in [0.15, 0.2) is 41.5 Å². The molecule has 0 spiro atoms. The van der Waals surface area contributed by atoms with Gasteiger partial charge in [0.25, 0.3) is 5.91 Å². The number of nitrogens with zero attached hydrogens (tertiary/aromatic N) is 2. The number of amides is 1. The molecule has 1 heterocycles. The highest BCUT2D eigenvalue weighted by atomic mass is 16.5. The second-order valence-corrected chi connectivity index (χ2v) is 9.10. The number of ether oxygens (including phenoxy) is 1. The lowest BCUT2D eigenvalue weighted by atomic mass is 9.79. The third kappa shape index (κ3) is 4.35. The van der Waals surface area contributed by atoms with Crippen molar-refractivity contribution in [3.63, 3.8) is 0 Å². The van der Waals surface area contributed by atoms with E-state index in [1.54, 1.807) is 19.4 Å². The molecule has 2 aromatic rings. The first-order chi connectivity index (χ1) is 14.1. The lowest BCUT2D eigenvalue weighted by molar-refractivity contribution is 0.0952. The molecule has 2 aromatic carbocycles. The van der Waals surface area contributed by atoms with Crippen LogP contribution in [0.2, 0.25) is 0 Å². The van der Waals surface area contributed by atoms with E-state index in [2.05, 4.69) is 68.2 Å². The zero-order valence-corrected chi connectivity index (χ0v) is 19.1. The molecule has 1 atom stereocenters. The third-order valence-corrected chi connectivity index (χ3v) is 5.80. The van der Waals surface area contributed by atoms with Gasteiger partial charge in [-0.3, -0.25) is 4.79 Å². The predicted molar refractivity (Wildman–Crippen MR) is 124 cm³/mol. The van der Waals surface area contributed by atoms with Crippen LogP contribution in [0.5, 0.6) is 5.75 Å². The molecule has 0 unspecified atom stereocenters. The average molecular weight is 408 g/mol. The van der Waals surface area contributed by atoms with Gasteiger partial charge in [0.05, 0.1) is 18.9 Å². The van der Waals surface area contributed by atoms with Gasteiger partial charge in [-0.15, -0.1) is 0 Å². The molecule has 0 fully saturated rings. The SMILES string of the molecule is COc1cc(C)ccc1C(=O)N/N=C\c1ccc2c(c1)[C@H](C)CC(C)(C)N2C(C)C. The van der Waals surface area contributed by atoms with Gasteiger partial charge < -0.3 is 9.64 Å². The Balaban J connectivity index is 1.80. The molecular weight excluding hydrogens is 374 g/mol. The van der Waals surface area contributed by atoms with Crippen molar-refractivity contribution in [3.05, 3.63) is 58.7 Å². The van der Waals surface area contributed by atoms with Crippen molar-refractivity contribution in [1.29, 1.82) is 0 Å². The Morgan fingerprint density at radius 3 is 2.67 bits per heavy atom. The van der Waals surface area contributed by atoms with Crippen molar-refractivity contribution < 1.29 is 9.53 Å². The van der Waals surface area contributed by atoms with Crippen molar-refractivity contribution in [2.24, 2.45) is 5.10 Å². The Morgan fingerprint density at radius 1 is 1.27 bits per heavy atom. The summed E-state index contributed by atoms with van der Waals surface area (Å²) < 4.78 is 5.31. The summed E-state index contributed by atoms with van der Waals surface area (Å²) in [6.07, 6.45) is 2.80. The Labute approximate surface area is 180 Å². The summed E-state index contributed by atoms with van der Waals surface area (Å²) in [5.41, 5.74) is 7.83. The molecule has 160 valence electrons. The minimum atomic E-state index is -0.290. The smallest absolute Gasteiger partial charge is 0.275 e. The second-order valence-electron chi connectivity index (χ2n) is 9.10. The van der Waals surface area contributed by atoms with Gasteiger partial charge in [0, 0.05) is 17.3 Å².